The Morgan fingerprint density at radius 1 is 1.23 bits per heavy atom. The Balaban J connectivity index is 1.91. The van der Waals surface area contributed by atoms with Gasteiger partial charge >= 0.3 is 5.97 Å². The van der Waals surface area contributed by atoms with Crippen LogP contribution in [0.1, 0.15) is 33.0 Å². The summed E-state index contributed by atoms with van der Waals surface area (Å²) in [6, 6.07) is 14.4. The summed E-state index contributed by atoms with van der Waals surface area (Å²) < 4.78 is 6.85. The highest BCUT2D eigenvalue weighted by Gasteiger charge is 2.19. The lowest BCUT2D eigenvalue weighted by molar-refractivity contribution is 0.0462. The second-order valence-electron chi connectivity index (χ2n) is 5.73. The molecular weight excluding hydrogens is 332 g/mol. The van der Waals surface area contributed by atoms with Gasteiger partial charge in [-0.2, -0.15) is 10.4 Å². The van der Waals surface area contributed by atoms with E-state index in [0.29, 0.717) is 22.6 Å². The van der Waals surface area contributed by atoms with Gasteiger partial charge in [-0.3, -0.25) is 4.79 Å². The zero-order valence-corrected chi connectivity index (χ0v) is 14.3. The zero-order chi connectivity index (χ0) is 18.7. The van der Waals surface area contributed by atoms with Crippen LogP contribution < -0.4 is 5.56 Å². The SMILES string of the molecule is Cc1ccc(C(=O)OCc2c(C#N)c(C)nn2-c2ccccc2)c(=O)[nH]1. The number of hydrogen-bond acceptors (Lipinski definition) is 5. The van der Waals surface area contributed by atoms with Crippen LogP contribution in [0.5, 0.6) is 0 Å². The number of rotatable bonds is 4. The molecule has 130 valence electrons. The van der Waals surface area contributed by atoms with Crippen LogP contribution in [0.3, 0.4) is 0 Å². The van der Waals surface area contributed by atoms with Gasteiger partial charge in [0.05, 0.1) is 17.1 Å². The molecule has 0 unspecified atom stereocenters. The van der Waals surface area contributed by atoms with E-state index in [2.05, 4.69) is 16.2 Å². The van der Waals surface area contributed by atoms with E-state index in [1.54, 1.807) is 24.6 Å². The highest BCUT2D eigenvalue weighted by molar-refractivity contribution is 5.88. The van der Waals surface area contributed by atoms with Crippen molar-refractivity contribution < 1.29 is 9.53 Å². The first kappa shape index (κ1) is 17.2. The van der Waals surface area contributed by atoms with Gasteiger partial charge in [0.25, 0.3) is 5.56 Å². The number of para-hydroxylation sites is 1. The molecule has 2 heterocycles. The fraction of sp³-hybridized carbons (Fsp3) is 0.158. The van der Waals surface area contributed by atoms with Gasteiger partial charge in [-0.05, 0) is 38.1 Å². The number of carbonyl (C=O) groups excluding carboxylic acids is 1. The molecule has 0 spiro atoms. The Labute approximate surface area is 149 Å². The monoisotopic (exact) mass is 348 g/mol. The van der Waals surface area contributed by atoms with Crippen molar-refractivity contribution in [3.05, 3.63) is 81.0 Å². The molecule has 0 atom stereocenters. The second-order valence-corrected chi connectivity index (χ2v) is 5.73. The summed E-state index contributed by atoms with van der Waals surface area (Å²) in [7, 11) is 0. The number of H-pyrrole nitrogens is 1. The van der Waals surface area contributed by atoms with Crippen LogP contribution in [0.2, 0.25) is 0 Å². The van der Waals surface area contributed by atoms with Gasteiger partial charge in [-0.25, -0.2) is 9.48 Å². The number of aryl methyl sites for hydroxylation is 2. The van der Waals surface area contributed by atoms with Crippen molar-refractivity contribution >= 4 is 5.97 Å². The van der Waals surface area contributed by atoms with E-state index in [9.17, 15) is 14.9 Å². The van der Waals surface area contributed by atoms with Crippen LogP contribution in [-0.4, -0.2) is 20.7 Å². The maximum Gasteiger partial charge on any atom is 0.344 e. The molecule has 7 heteroatoms. The molecule has 1 N–H and O–H groups in total. The van der Waals surface area contributed by atoms with E-state index in [1.807, 2.05) is 30.3 Å². The molecule has 0 saturated carbocycles. The Morgan fingerprint density at radius 2 is 1.96 bits per heavy atom. The standard InChI is InChI=1S/C19H16N4O3/c1-12-8-9-15(18(24)21-12)19(25)26-11-17-16(10-20)13(2)22-23(17)14-6-4-3-5-7-14/h3-9H,11H2,1-2H3,(H,21,24). The number of esters is 1. The van der Waals surface area contributed by atoms with Crippen molar-refractivity contribution in [3.8, 4) is 11.8 Å². The minimum Gasteiger partial charge on any atom is -0.455 e. The Kier molecular flexibility index (Phi) is 4.67. The number of aromatic amines is 1. The molecule has 3 aromatic rings. The van der Waals surface area contributed by atoms with E-state index in [1.165, 1.54) is 6.07 Å². The third-order valence-corrected chi connectivity index (χ3v) is 3.88. The largest absolute Gasteiger partial charge is 0.455 e. The van der Waals surface area contributed by atoms with Gasteiger partial charge in [0, 0.05) is 5.69 Å². The maximum atomic E-state index is 12.2. The van der Waals surface area contributed by atoms with Crippen LogP contribution >= 0.6 is 0 Å². The summed E-state index contributed by atoms with van der Waals surface area (Å²) in [4.78, 5) is 26.7. The van der Waals surface area contributed by atoms with Crippen molar-refractivity contribution in [3.63, 3.8) is 0 Å². The lowest BCUT2D eigenvalue weighted by atomic mass is 10.2. The molecule has 26 heavy (non-hydrogen) atoms. The average Bonchev–Trinajstić information content (AvgIpc) is 2.96. The third kappa shape index (κ3) is 3.26. The first-order valence-corrected chi connectivity index (χ1v) is 7.92. The topological polar surface area (TPSA) is 101 Å². The van der Waals surface area contributed by atoms with Crippen LogP contribution in [0.4, 0.5) is 0 Å². The Bertz CT molecular complexity index is 1060. The van der Waals surface area contributed by atoms with Gasteiger partial charge in [-0.1, -0.05) is 18.2 Å². The van der Waals surface area contributed by atoms with E-state index in [-0.39, 0.29) is 12.2 Å². The summed E-state index contributed by atoms with van der Waals surface area (Å²) in [6.45, 7) is 3.26. The number of carbonyl (C=O) groups is 1. The summed E-state index contributed by atoms with van der Waals surface area (Å²) in [5, 5.41) is 13.8. The third-order valence-electron chi connectivity index (χ3n) is 3.88. The minimum absolute atomic E-state index is 0.0865. The normalized spacial score (nSPS) is 10.3. The molecule has 0 amide bonds. The number of nitrogens with one attached hydrogen (secondary N) is 1. The van der Waals surface area contributed by atoms with Crippen LogP contribution in [0.25, 0.3) is 5.69 Å². The minimum atomic E-state index is -0.756. The highest BCUT2D eigenvalue weighted by Crippen LogP contribution is 2.19. The van der Waals surface area contributed by atoms with E-state index < -0.39 is 11.5 Å². The molecule has 7 nitrogen and oxygen atoms in total. The van der Waals surface area contributed by atoms with Crippen molar-refractivity contribution in [2.75, 3.05) is 0 Å². The Morgan fingerprint density at radius 3 is 2.62 bits per heavy atom. The number of aromatic nitrogens is 3. The average molecular weight is 348 g/mol. The number of nitrogens with zero attached hydrogens (tertiary/aromatic N) is 3. The van der Waals surface area contributed by atoms with Gasteiger partial charge < -0.3 is 9.72 Å². The van der Waals surface area contributed by atoms with Crippen molar-refractivity contribution in [1.29, 1.82) is 5.26 Å². The molecule has 0 aliphatic carbocycles. The van der Waals surface area contributed by atoms with Gasteiger partial charge in [0.1, 0.15) is 23.8 Å². The molecule has 0 bridgehead atoms. The maximum absolute atomic E-state index is 12.2. The summed E-state index contributed by atoms with van der Waals surface area (Å²) in [5.74, 6) is -0.756. The van der Waals surface area contributed by atoms with Crippen molar-refractivity contribution in [2.45, 2.75) is 20.5 Å². The molecule has 2 aromatic heterocycles. The van der Waals surface area contributed by atoms with E-state index in [0.717, 1.165) is 5.69 Å². The molecule has 0 radical (unpaired) electrons. The van der Waals surface area contributed by atoms with Gasteiger partial charge in [0.15, 0.2) is 0 Å². The number of nitriles is 1. The smallest absolute Gasteiger partial charge is 0.344 e. The molecular formula is C19H16N4O3. The lowest BCUT2D eigenvalue weighted by Crippen LogP contribution is -2.20. The zero-order valence-electron chi connectivity index (χ0n) is 14.3. The fourth-order valence-corrected chi connectivity index (χ4v) is 2.58. The summed E-state index contributed by atoms with van der Waals surface area (Å²) >= 11 is 0. The molecule has 1 aromatic carbocycles. The summed E-state index contributed by atoms with van der Waals surface area (Å²) in [5.41, 5.74) is 2.13. The second kappa shape index (κ2) is 7.07. The van der Waals surface area contributed by atoms with E-state index in [4.69, 9.17) is 4.74 Å². The van der Waals surface area contributed by atoms with E-state index >= 15 is 0 Å². The predicted molar refractivity (Wildman–Crippen MR) is 93.9 cm³/mol. The number of ether oxygens (including phenoxy) is 1. The fourth-order valence-electron chi connectivity index (χ4n) is 2.58. The molecule has 0 aliphatic heterocycles. The van der Waals surface area contributed by atoms with Crippen LogP contribution in [0.15, 0.2) is 47.3 Å². The predicted octanol–water partition coefficient (Wildman–Crippen LogP) is 2.41. The van der Waals surface area contributed by atoms with Crippen molar-refractivity contribution in [1.82, 2.24) is 14.8 Å². The highest BCUT2D eigenvalue weighted by atomic mass is 16.5. The van der Waals surface area contributed by atoms with Crippen molar-refractivity contribution in [2.24, 2.45) is 0 Å². The van der Waals surface area contributed by atoms with Gasteiger partial charge in [-0.15, -0.1) is 0 Å². The molecule has 0 saturated heterocycles. The molecule has 3 rings (SSSR count). The molecule has 0 aliphatic rings. The van der Waals surface area contributed by atoms with Gasteiger partial charge in [0.2, 0.25) is 0 Å². The number of hydrogen-bond donors (Lipinski definition) is 1. The first-order valence-electron chi connectivity index (χ1n) is 7.92. The first-order chi connectivity index (χ1) is 12.5. The van der Waals surface area contributed by atoms with Crippen LogP contribution in [-0.2, 0) is 11.3 Å². The Hall–Kier alpha value is -3.66. The number of pyridine rings is 1. The quantitative estimate of drug-likeness (QED) is 0.730. The lowest BCUT2D eigenvalue weighted by Gasteiger charge is -2.09. The molecule has 0 fully saturated rings. The number of benzene rings is 1. The van der Waals surface area contributed by atoms with Crippen LogP contribution in [0, 0.1) is 25.2 Å². The summed E-state index contributed by atoms with van der Waals surface area (Å²) in [6.07, 6.45) is 0.